The molecule has 264 valence electrons. The van der Waals surface area contributed by atoms with E-state index in [-0.39, 0.29) is 23.9 Å². The van der Waals surface area contributed by atoms with Crippen LogP contribution in [-0.4, -0.2) is 119 Å². The van der Waals surface area contributed by atoms with Gasteiger partial charge < -0.3 is 29.6 Å². The first-order valence-corrected chi connectivity index (χ1v) is 16.6. The molecule has 4 atom stereocenters. The first-order valence-electron chi connectivity index (χ1n) is 14.8. The van der Waals surface area contributed by atoms with Crippen molar-refractivity contribution in [1.29, 1.82) is 0 Å². The van der Waals surface area contributed by atoms with Crippen LogP contribution in [0.4, 0.5) is 14.7 Å². The number of esters is 1. The van der Waals surface area contributed by atoms with E-state index in [4.69, 9.17) is 20.2 Å². The third kappa shape index (κ3) is 7.44. The largest absolute Gasteiger partial charge is 0.479 e. The van der Waals surface area contributed by atoms with Crippen molar-refractivity contribution in [2.75, 3.05) is 18.4 Å². The highest BCUT2D eigenvalue weighted by Gasteiger charge is 2.67. The van der Waals surface area contributed by atoms with Crippen molar-refractivity contribution >= 4 is 69.8 Å². The average Bonchev–Trinajstić information content (AvgIpc) is 3.60. The number of thioether (sulfide) groups is 1. The fourth-order valence-electron chi connectivity index (χ4n) is 4.90. The standard InChI is InChI=1S/C28H40N8O10S2/c1-13-10-35(29)24(43)36(13)28(20(39)40)12-34-18(38)16(19(34)48-28)31-17(37)15(33-46-27(8,9)21(41)44-25(2,3)4)14-11-47-22(30-14)32-23(42)45-26(5,6)7/h11,13,16,19H,10,12,29H2,1-9H3,(H,31,37)(H,39,40)(H,30,32,42)/b33-15-/t13-,16+,19+,28+/m0/s1. The monoisotopic (exact) mass is 712 g/mol. The minimum Gasteiger partial charge on any atom is -0.479 e. The number of carbonyl (C=O) groups is 6. The maximum absolute atomic E-state index is 13.7. The number of aliphatic carboxylic acids is 1. The minimum atomic E-state index is -1.85. The van der Waals surface area contributed by atoms with Crippen LogP contribution in [0.1, 0.15) is 68.0 Å². The van der Waals surface area contributed by atoms with E-state index in [1.807, 2.05) is 0 Å². The number of β-lactam (4-membered cyclic amide) rings is 1. The third-order valence-electron chi connectivity index (χ3n) is 7.03. The van der Waals surface area contributed by atoms with Gasteiger partial charge >= 0.3 is 24.1 Å². The zero-order valence-electron chi connectivity index (χ0n) is 28.0. The van der Waals surface area contributed by atoms with Gasteiger partial charge in [0.05, 0.1) is 19.1 Å². The van der Waals surface area contributed by atoms with Crippen LogP contribution >= 0.6 is 23.1 Å². The molecule has 48 heavy (non-hydrogen) atoms. The van der Waals surface area contributed by atoms with Crippen molar-refractivity contribution in [3.63, 3.8) is 0 Å². The quantitative estimate of drug-likeness (QED) is 0.0711. The van der Waals surface area contributed by atoms with Crippen LogP contribution in [0.3, 0.4) is 0 Å². The molecule has 1 aromatic rings. The lowest BCUT2D eigenvalue weighted by atomic mass is 10.0. The fraction of sp³-hybridized carbons (Fsp3) is 0.643. The van der Waals surface area contributed by atoms with E-state index < -0.39 is 80.7 Å². The van der Waals surface area contributed by atoms with Gasteiger partial charge in [-0.2, -0.15) is 0 Å². The van der Waals surface area contributed by atoms with Crippen molar-refractivity contribution in [3.05, 3.63) is 11.1 Å². The average molecular weight is 713 g/mol. The first kappa shape index (κ1) is 36.7. The van der Waals surface area contributed by atoms with Crippen LogP contribution in [0, 0.1) is 0 Å². The second-order valence-electron chi connectivity index (χ2n) is 13.9. The lowest BCUT2D eigenvalue weighted by Crippen LogP contribution is -2.68. The fourth-order valence-corrected chi connectivity index (χ4v) is 7.30. The van der Waals surface area contributed by atoms with E-state index in [1.165, 1.54) is 24.1 Å². The minimum absolute atomic E-state index is 0.0491. The zero-order valence-corrected chi connectivity index (χ0v) is 29.6. The number of nitrogens with zero attached hydrogens (tertiary/aromatic N) is 5. The first-order chi connectivity index (χ1) is 22.0. The molecule has 0 aliphatic carbocycles. The van der Waals surface area contributed by atoms with Crippen LogP contribution in [0.15, 0.2) is 10.5 Å². The van der Waals surface area contributed by atoms with Gasteiger partial charge in [0.1, 0.15) is 28.3 Å². The van der Waals surface area contributed by atoms with Gasteiger partial charge in [-0.25, -0.2) is 30.0 Å². The Morgan fingerprint density at radius 3 is 2.25 bits per heavy atom. The Labute approximate surface area is 284 Å². The summed E-state index contributed by atoms with van der Waals surface area (Å²) >= 11 is 1.77. The Morgan fingerprint density at radius 2 is 1.71 bits per heavy atom. The van der Waals surface area contributed by atoms with Gasteiger partial charge in [-0.15, -0.1) is 11.3 Å². The topological polar surface area (TPSA) is 235 Å². The number of hydrogen-bond acceptors (Lipinski definition) is 14. The Bertz CT molecular complexity index is 1550. The summed E-state index contributed by atoms with van der Waals surface area (Å²) in [6.45, 7) is 14.2. The normalized spacial score (nSPS) is 24.6. The summed E-state index contributed by atoms with van der Waals surface area (Å²) in [6.07, 6.45) is -0.794. The van der Waals surface area contributed by atoms with Crippen LogP contribution in [0.25, 0.3) is 0 Å². The van der Waals surface area contributed by atoms with Crippen LogP contribution in [0.2, 0.25) is 0 Å². The molecule has 3 aliphatic heterocycles. The number of carboxylic acid groups (broad SMARTS) is 1. The molecule has 0 unspecified atom stereocenters. The van der Waals surface area contributed by atoms with Crippen LogP contribution in [0.5, 0.6) is 0 Å². The number of hydrogen-bond donors (Lipinski definition) is 4. The van der Waals surface area contributed by atoms with E-state index >= 15 is 0 Å². The van der Waals surface area contributed by atoms with Gasteiger partial charge in [0.2, 0.25) is 16.4 Å². The number of rotatable bonds is 9. The van der Waals surface area contributed by atoms with E-state index in [1.54, 1.807) is 48.5 Å². The molecule has 0 saturated carbocycles. The highest BCUT2D eigenvalue weighted by Crippen LogP contribution is 2.50. The van der Waals surface area contributed by atoms with Crippen molar-refractivity contribution in [1.82, 2.24) is 25.1 Å². The Kier molecular flexibility index (Phi) is 9.70. The van der Waals surface area contributed by atoms with E-state index in [2.05, 4.69) is 20.8 Å². The molecule has 0 radical (unpaired) electrons. The summed E-state index contributed by atoms with van der Waals surface area (Å²) in [6, 6.07) is -2.48. The molecule has 4 heterocycles. The maximum Gasteiger partial charge on any atom is 0.413 e. The number of nitrogens with two attached hydrogens (primary N) is 1. The Morgan fingerprint density at radius 1 is 1.08 bits per heavy atom. The zero-order chi connectivity index (χ0) is 36.1. The van der Waals surface area contributed by atoms with Gasteiger partial charge in [-0.1, -0.05) is 16.9 Å². The van der Waals surface area contributed by atoms with Gasteiger partial charge in [0.15, 0.2) is 10.8 Å². The molecule has 4 rings (SSSR count). The molecule has 0 spiro atoms. The summed E-state index contributed by atoms with van der Waals surface area (Å²) in [5.41, 5.74) is -3.85. The molecule has 18 nitrogen and oxygen atoms in total. The number of nitrogens with one attached hydrogen (secondary N) is 2. The molecule has 0 aromatic carbocycles. The third-order valence-corrected chi connectivity index (χ3v) is 9.45. The molecule has 1 aromatic heterocycles. The lowest BCUT2D eigenvalue weighted by molar-refractivity contribution is -0.179. The molecule has 5 N–H and O–H groups in total. The number of carboxylic acids is 1. The number of carbonyl (C=O) groups excluding carboxylic acids is 5. The second-order valence-corrected chi connectivity index (χ2v) is 16.1. The Balaban J connectivity index is 1.59. The number of fused-ring (bicyclic) bond motifs is 1. The molecule has 3 aliphatic rings. The van der Waals surface area contributed by atoms with Crippen molar-refractivity contribution in [2.24, 2.45) is 11.0 Å². The molecule has 20 heteroatoms. The van der Waals surface area contributed by atoms with Crippen molar-refractivity contribution < 1.29 is 48.2 Å². The Hall–Kier alpha value is -4.17. The highest BCUT2D eigenvalue weighted by atomic mass is 32.2. The predicted molar refractivity (Wildman–Crippen MR) is 172 cm³/mol. The van der Waals surface area contributed by atoms with Crippen LogP contribution < -0.4 is 16.5 Å². The number of thiazole rings is 1. The lowest BCUT2D eigenvalue weighted by Gasteiger charge is -2.41. The second kappa shape index (κ2) is 12.7. The van der Waals surface area contributed by atoms with Crippen molar-refractivity contribution in [2.45, 2.75) is 101 Å². The van der Waals surface area contributed by atoms with E-state index in [9.17, 15) is 33.9 Å². The number of ether oxygens (including phenoxy) is 2. The number of urea groups is 1. The van der Waals surface area contributed by atoms with Gasteiger partial charge in [-0.05, 0) is 62.3 Å². The maximum atomic E-state index is 13.7. The predicted octanol–water partition coefficient (Wildman–Crippen LogP) is 1.51. The molecule has 5 amide bonds. The van der Waals surface area contributed by atoms with Crippen LogP contribution in [-0.2, 0) is 33.5 Å². The smallest absolute Gasteiger partial charge is 0.413 e. The molecule has 3 fully saturated rings. The number of hydrazine groups is 1. The highest BCUT2D eigenvalue weighted by molar-refractivity contribution is 8.02. The molecular formula is C28H40N8O10S2. The van der Waals surface area contributed by atoms with Gasteiger partial charge in [0.25, 0.3) is 5.91 Å². The summed E-state index contributed by atoms with van der Waals surface area (Å²) in [5, 5.41) is 20.7. The molecular weight excluding hydrogens is 672 g/mol. The summed E-state index contributed by atoms with van der Waals surface area (Å²) in [5.74, 6) is 2.10. The van der Waals surface area contributed by atoms with E-state index in [0.717, 1.165) is 33.0 Å². The number of oxime groups is 1. The van der Waals surface area contributed by atoms with E-state index in [0.29, 0.717) is 0 Å². The SMILES string of the molecule is C[C@H]1CN(N)C(=O)N1[C@]1(C(=O)O)CN2C(=O)[C@@H](NC(=O)/C(=N\OC(C)(C)C(=O)OC(C)(C)C)c3csc(NC(=O)OC(C)(C)C)n3)[C@H]2S1. The number of aromatic nitrogens is 1. The number of anilines is 1. The summed E-state index contributed by atoms with van der Waals surface area (Å²) < 4.78 is 10.6. The molecule has 0 bridgehead atoms. The molecule has 3 saturated heterocycles. The van der Waals surface area contributed by atoms with Crippen molar-refractivity contribution in [3.8, 4) is 0 Å². The number of amides is 5. The summed E-state index contributed by atoms with van der Waals surface area (Å²) in [7, 11) is 0. The van der Waals surface area contributed by atoms with Gasteiger partial charge in [-0.3, -0.25) is 24.8 Å². The summed E-state index contributed by atoms with van der Waals surface area (Å²) in [4.78, 5) is 87.8. The van der Waals surface area contributed by atoms with Gasteiger partial charge in [0, 0.05) is 5.38 Å².